The predicted octanol–water partition coefficient (Wildman–Crippen LogP) is 3.16. The summed E-state index contributed by atoms with van der Waals surface area (Å²) in [6, 6.07) is 1.15. The van der Waals surface area contributed by atoms with Gasteiger partial charge in [0.05, 0.1) is 3.57 Å². The van der Waals surface area contributed by atoms with Gasteiger partial charge in [0.25, 0.3) is 15.5 Å². The minimum Gasteiger partial charge on any atom is -0.233 e. The summed E-state index contributed by atoms with van der Waals surface area (Å²) in [7, 11) is 0.940. The molecule has 1 rings (SSSR count). The molecule has 0 aliphatic heterocycles. The van der Waals surface area contributed by atoms with Crippen LogP contribution in [0.3, 0.4) is 0 Å². The van der Waals surface area contributed by atoms with E-state index in [0.29, 0.717) is 3.57 Å². The quantitative estimate of drug-likeness (QED) is 0.484. The maximum atomic E-state index is 12.5. The number of hydrogen-bond donors (Lipinski definition) is 0. The molecule has 0 fully saturated rings. The van der Waals surface area contributed by atoms with Gasteiger partial charge in [0, 0.05) is 14.3 Å². The van der Waals surface area contributed by atoms with Gasteiger partial charge in [0.1, 0.15) is 5.69 Å². The van der Waals surface area contributed by atoms with Crippen LogP contribution in [0.5, 0.6) is 0 Å². The van der Waals surface area contributed by atoms with E-state index in [1.807, 2.05) is 0 Å². The normalized spacial score (nSPS) is 12.1. The number of aromatic nitrogens is 1. The smallest absolute Gasteiger partial charge is 0.233 e. The summed E-state index contributed by atoms with van der Waals surface area (Å²) >= 11 is 3.42. The van der Waals surface area contributed by atoms with Crippen LogP contribution in [-0.4, -0.2) is 13.4 Å². The molecule has 9 heteroatoms. The maximum absolute atomic E-state index is 12.5. The lowest BCUT2D eigenvalue weighted by atomic mass is 10.4. The van der Waals surface area contributed by atoms with E-state index in [1.54, 1.807) is 45.2 Å². The monoisotopic (exact) mass is 479 g/mol. The van der Waals surface area contributed by atoms with E-state index in [-0.39, 0.29) is 3.57 Å². The minimum atomic E-state index is -4.08. The first kappa shape index (κ1) is 13.8. The fourth-order valence-corrected chi connectivity index (χ4v) is 2.76. The van der Waals surface area contributed by atoms with Crippen LogP contribution < -0.4 is 0 Å². The van der Waals surface area contributed by atoms with Crippen LogP contribution in [0.1, 0.15) is 12.1 Å². The van der Waals surface area contributed by atoms with Gasteiger partial charge in [-0.25, -0.2) is 22.2 Å². The van der Waals surface area contributed by atoms with Gasteiger partial charge in [-0.15, -0.1) is 0 Å². The van der Waals surface area contributed by atoms with Gasteiger partial charge >= 0.3 is 0 Å². The molecule has 0 saturated carbocycles. The zero-order chi connectivity index (χ0) is 11.8. The minimum absolute atomic E-state index is 0.229. The third kappa shape index (κ3) is 3.33. The lowest BCUT2D eigenvalue weighted by Gasteiger charge is -2.06. The molecule has 15 heavy (non-hydrogen) atoms. The molecule has 1 heterocycles. The van der Waals surface area contributed by atoms with Crippen molar-refractivity contribution in [3.05, 3.63) is 18.9 Å². The summed E-state index contributed by atoms with van der Waals surface area (Å²) < 4.78 is 47.4. The summed E-state index contributed by atoms with van der Waals surface area (Å²) in [4.78, 5) is 3.32. The summed E-state index contributed by atoms with van der Waals surface area (Å²) in [5, 5.41) is -0.552. The second-order valence-corrected chi connectivity index (χ2v) is 7.13. The maximum Gasteiger partial charge on any atom is 0.281 e. The Morgan fingerprint density at radius 2 is 1.93 bits per heavy atom. The van der Waals surface area contributed by atoms with E-state index in [0.717, 1.165) is 6.07 Å². The van der Waals surface area contributed by atoms with Gasteiger partial charge in [-0.1, -0.05) is 0 Å². The Kier molecular flexibility index (Phi) is 4.52. The first-order valence-corrected chi connectivity index (χ1v) is 7.79. The standard InChI is InChI=1S/C6H2ClF2I2NO2S/c7-15(13,14)3-1-2(10)4(11)5(12-3)6(8)9/h1,6H. The number of hydrogen-bond acceptors (Lipinski definition) is 3. The van der Waals surface area contributed by atoms with Crippen LogP contribution >= 0.6 is 55.9 Å². The van der Waals surface area contributed by atoms with Crippen molar-refractivity contribution in [3.8, 4) is 0 Å². The topological polar surface area (TPSA) is 47.0 Å². The highest BCUT2D eigenvalue weighted by molar-refractivity contribution is 14.1. The number of nitrogens with zero attached hydrogens (tertiary/aromatic N) is 1. The third-order valence-electron chi connectivity index (χ3n) is 1.37. The number of alkyl halides is 2. The van der Waals surface area contributed by atoms with E-state index in [4.69, 9.17) is 10.7 Å². The SMILES string of the molecule is O=S(=O)(Cl)c1cc(I)c(I)c(C(F)F)n1. The number of pyridine rings is 1. The van der Waals surface area contributed by atoms with E-state index in [1.165, 1.54) is 0 Å². The van der Waals surface area contributed by atoms with Gasteiger partial charge in [0.15, 0.2) is 5.03 Å². The van der Waals surface area contributed by atoms with Gasteiger partial charge < -0.3 is 0 Å². The summed E-state index contributed by atoms with van der Waals surface area (Å²) in [6.07, 6.45) is -2.83. The fraction of sp³-hybridized carbons (Fsp3) is 0.167. The van der Waals surface area contributed by atoms with Gasteiger partial charge in [-0.2, -0.15) is 0 Å². The number of halogens is 5. The second kappa shape index (κ2) is 4.92. The van der Waals surface area contributed by atoms with Gasteiger partial charge in [-0.05, 0) is 51.2 Å². The second-order valence-electron chi connectivity index (χ2n) is 2.38. The number of rotatable bonds is 2. The molecule has 84 valence electrons. The average molecular weight is 479 g/mol. The van der Waals surface area contributed by atoms with Crippen molar-refractivity contribution in [1.29, 1.82) is 0 Å². The van der Waals surface area contributed by atoms with Crippen molar-refractivity contribution in [3.63, 3.8) is 0 Å². The van der Waals surface area contributed by atoms with Crippen LogP contribution in [0, 0.1) is 7.14 Å². The zero-order valence-corrected chi connectivity index (χ0v) is 12.6. The van der Waals surface area contributed by atoms with E-state index >= 15 is 0 Å². The van der Waals surface area contributed by atoms with Crippen molar-refractivity contribution in [2.45, 2.75) is 11.5 Å². The van der Waals surface area contributed by atoms with Crippen molar-refractivity contribution in [2.24, 2.45) is 0 Å². The molecule has 0 aromatic carbocycles. The Bertz CT molecular complexity index is 494. The van der Waals surface area contributed by atoms with E-state index < -0.39 is 26.2 Å². The third-order valence-corrected chi connectivity index (χ3v) is 5.57. The molecule has 0 atom stereocenters. The molecule has 0 amide bonds. The molecule has 0 spiro atoms. The van der Waals surface area contributed by atoms with Crippen molar-refractivity contribution < 1.29 is 17.2 Å². The molecular weight excluding hydrogens is 477 g/mol. The van der Waals surface area contributed by atoms with Crippen molar-refractivity contribution in [1.82, 2.24) is 4.98 Å². The molecular formula is C6H2ClF2I2NO2S. The highest BCUT2D eigenvalue weighted by Gasteiger charge is 2.21. The predicted molar refractivity (Wildman–Crippen MR) is 67.7 cm³/mol. The first-order chi connectivity index (χ1) is 6.73. The van der Waals surface area contributed by atoms with Gasteiger partial charge in [0.2, 0.25) is 0 Å². The molecule has 0 radical (unpaired) electrons. The van der Waals surface area contributed by atoms with Crippen LogP contribution in [0.15, 0.2) is 11.1 Å². The fourth-order valence-electron chi connectivity index (χ4n) is 0.764. The Labute approximate surface area is 116 Å². The van der Waals surface area contributed by atoms with Crippen LogP contribution in [0.25, 0.3) is 0 Å². The van der Waals surface area contributed by atoms with Crippen molar-refractivity contribution >= 4 is 64.9 Å². The first-order valence-electron chi connectivity index (χ1n) is 3.32. The average Bonchev–Trinajstić information content (AvgIpc) is 2.06. The Morgan fingerprint density at radius 3 is 2.33 bits per heavy atom. The molecule has 0 bridgehead atoms. The molecule has 1 aromatic rings. The molecule has 0 saturated heterocycles. The molecule has 0 unspecified atom stereocenters. The van der Waals surface area contributed by atoms with E-state index in [2.05, 4.69) is 4.98 Å². The van der Waals surface area contributed by atoms with Crippen LogP contribution in [-0.2, 0) is 9.05 Å². The zero-order valence-electron chi connectivity index (χ0n) is 6.72. The van der Waals surface area contributed by atoms with Gasteiger partial charge in [-0.3, -0.25) is 0 Å². The molecule has 0 aliphatic carbocycles. The van der Waals surface area contributed by atoms with Crippen LogP contribution in [0.4, 0.5) is 8.78 Å². The summed E-state index contributed by atoms with van der Waals surface area (Å²) in [5.74, 6) is 0. The summed E-state index contributed by atoms with van der Waals surface area (Å²) in [5.41, 5.74) is -0.568. The van der Waals surface area contributed by atoms with E-state index in [9.17, 15) is 17.2 Å². The highest BCUT2D eigenvalue weighted by atomic mass is 127. The Hall–Kier alpha value is 0.710. The Morgan fingerprint density at radius 1 is 1.40 bits per heavy atom. The largest absolute Gasteiger partial charge is 0.281 e. The molecule has 1 aromatic heterocycles. The molecule has 0 N–H and O–H groups in total. The highest BCUT2D eigenvalue weighted by Crippen LogP contribution is 2.28. The molecule has 3 nitrogen and oxygen atoms in total. The Balaban J connectivity index is 3.50. The summed E-state index contributed by atoms with van der Waals surface area (Å²) in [6.45, 7) is 0. The lowest BCUT2D eigenvalue weighted by Crippen LogP contribution is -2.04. The lowest BCUT2D eigenvalue weighted by molar-refractivity contribution is 0.144. The molecule has 0 aliphatic rings. The van der Waals surface area contributed by atoms with Crippen molar-refractivity contribution in [2.75, 3.05) is 0 Å². The van der Waals surface area contributed by atoms with Crippen LogP contribution in [0.2, 0.25) is 0 Å².